The summed E-state index contributed by atoms with van der Waals surface area (Å²) in [5.74, 6) is 1.10. The summed E-state index contributed by atoms with van der Waals surface area (Å²) < 4.78 is 0. The predicted octanol–water partition coefficient (Wildman–Crippen LogP) is -0.812. The first-order chi connectivity index (χ1) is 8.81. The molecule has 1 radical (unpaired) electrons. The van der Waals surface area contributed by atoms with Gasteiger partial charge >= 0.3 is 26.2 Å². The van der Waals surface area contributed by atoms with Crippen LogP contribution in [-0.4, -0.2) is 9.52 Å². The average Bonchev–Trinajstić information content (AvgIpc) is 2.72. The molecule has 0 aromatic carbocycles. The van der Waals surface area contributed by atoms with E-state index in [1.54, 1.807) is 0 Å². The Bertz CT molecular complexity index is 335. The summed E-state index contributed by atoms with van der Waals surface area (Å²) in [4.78, 5) is 0. The van der Waals surface area contributed by atoms with Crippen molar-refractivity contribution in [3.8, 4) is 0 Å². The molecule has 0 aromatic heterocycles. The van der Waals surface area contributed by atoms with E-state index in [0.29, 0.717) is 11.8 Å². The van der Waals surface area contributed by atoms with Crippen LogP contribution in [0.3, 0.4) is 0 Å². The summed E-state index contributed by atoms with van der Waals surface area (Å²) in [6.07, 6.45) is 11.0. The molecule has 0 spiro atoms. The SMILES string of the molecule is CC1=[C-][C@@H](C)C=C1C.CC1=[C-][C@H](C)C=C1C.C[SiH]C.[Cl-].[Cl-].[Zr+4]. The molecule has 2 aliphatic carbocycles. The maximum Gasteiger partial charge on any atom is 4.00 e. The minimum Gasteiger partial charge on any atom is -1.00 e. The molecule has 2 rings (SSSR count). The topological polar surface area (TPSA) is 0 Å². The Hall–Kier alpha value is 0.640. The fourth-order valence-electron chi connectivity index (χ4n) is 1.99. The van der Waals surface area contributed by atoms with E-state index in [0.717, 1.165) is 9.52 Å². The summed E-state index contributed by atoms with van der Waals surface area (Å²) in [7, 11) is 0.750. The molecule has 0 unspecified atom stereocenters. The normalized spacial score (nSPS) is 20.9. The molecule has 0 amide bonds. The first kappa shape index (κ1) is 30.5. The standard InChI is InChI=1S/2C8H11.C2H7Si.2ClH.Zr/c2*1-6-4-7(2)8(3)5-6;1-3-2;;;/h2*4,6H,1-3H3;3H,1-2H3;2*1H;/q2*-1;;;;+4/p-2/t2*6-;;;;/m10..../s1. The summed E-state index contributed by atoms with van der Waals surface area (Å²) in [5, 5.41) is 0. The van der Waals surface area contributed by atoms with Crippen molar-refractivity contribution in [3.63, 3.8) is 0 Å². The summed E-state index contributed by atoms with van der Waals surface area (Å²) in [6.45, 7) is 17.2. The quantitative estimate of drug-likeness (QED) is 0.345. The Kier molecular flexibility index (Phi) is 22.9. The van der Waals surface area contributed by atoms with Crippen LogP contribution in [-0.2, 0) is 26.2 Å². The minimum atomic E-state index is 0. The molecule has 0 saturated carbocycles. The Labute approximate surface area is 172 Å². The monoisotopic (exact) mass is 433 g/mol. The summed E-state index contributed by atoms with van der Waals surface area (Å²) >= 11 is 0. The number of rotatable bonds is 0. The van der Waals surface area contributed by atoms with Crippen molar-refractivity contribution in [2.75, 3.05) is 0 Å². The summed E-state index contributed by atoms with van der Waals surface area (Å²) in [5.41, 5.74) is 5.41. The number of halogens is 2. The number of hydrogen-bond donors (Lipinski definition) is 0. The van der Waals surface area contributed by atoms with Gasteiger partial charge in [-0.1, -0.05) is 52.6 Å². The van der Waals surface area contributed by atoms with Gasteiger partial charge in [-0.3, -0.25) is 12.2 Å². The van der Waals surface area contributed by atoms with Crippen LogP contribution in [0, 0.1) is 24.0 Å². The van der Waals surface area contributed by atoms with Gasteiger partial charge in [-0.25, -0.2) is 22.3 Å². The zero-order valence-electron chi connectivity index (χ0n) is 15.1. The fraction of sp³-hybridized carbons (Fsp3) is 0.556. The van der Waals surface area contributed by atoms with E-state index in [1.165, 1.54) is 22.3 Å². The van der Waals surface area contributed by atoms with Gasteiger partial charge in [0.2, 0.25) is 0 Å². The molecule has 4 heteroatoms. The van der Waals surface area contributed by atoms with Crippen molar-refractivity contribution < 1.29 is 51.0 Å². The van der Waals surface area contributed by atoms with Crippen molar-refractivity contribution in [3.05, 3.63) is 46.6 Å². The van der Waals surface area contributed by atoms with Crippen LogP contribution in [0.1, 0.15) is 41.5 Å². The van der Waals surface area contributed by atoms with Crippen LogP contribution >= 0.6 is 0 Å². The Morgan fingerprint density at radius 1 is 0.773 bits per heavy atom. The number of allylic oxidation sites excluding steroid dienone is 8. The van der Waals surface area contributed by atoms with E-state index < -0.39 is 0 Å². The van der Waals surface area contributed by atoms with Crippen LogP contribution in [0.2, 0.25) is 13.1 Å². The van der Waals surface area contributed by atoms with Crippen molar-refractivity contribution in [2.45, 2.75) is 54.6 Å². The number of hydrogen-bond acceptors (Lipinski definition) is 0. The Balaban J connectivity index is -0.000000112. The van der Waals surface area contributed by atoms with Gasteiger partial charge in [0.05, 0.1) is 0 Å². The van der Waals surface area contributed by atoms with Crippen LogP contribution in [0.25, 0.3) is 0 Å². The van der Waals surface area contributed by atoms with Crippen LogP contribution < -0.4 is 24.8 Å². The molecular weight excluding hydrogens is 406 g/mol. The largest absolute Gasteiger partial charge is 4.00 e. The zero-order chi connectivity index (χ0) is 15.0. The molecule has 0 fully saturated rings. The third-order valence-corrected chi connectivity index (χ3v) is 3.07. The van der Waals surface area contributed by atoms with Crippen LogP contribution in [0.15, 0.2) is 34.4 Å². The van der Waals surface area contributed by atoms with Crippen LogP contribution in [0.4, 0.5) is 0 Å². The predicted molar refractivity (Wildman–Crippen MR) is 89.6 cm³/mol. The first-order valence-electron chi connectivity index (χ1n) is 7.13. The van der Waals surface area contributed by atoms with E-state index in [2.05, 4.69) is 78.9 Å². The first-order valence-corrected chi connectivity index (χ1v) is 9.44. The maximum absolute atomic E-state index is 3.29. The Morgan fingerprint density at radius 2 is 1.00 bits per heavy atom. The fourth-order valence-corrected chi connectivity index (χ4v) is 1.99. The molecule has 0 saturated heterocycles. The van der Waals surface area contributed by atoms with E-state index in [-0.39, 0.29) is 51.0 Å². The maximum atomic E-state index is 3.29. The smallest absolute Gasteiger partial charge is 1.00 e. The summed E-state index contributed by atoms with van der Waals surface area (Å²) in [6, 6.07) is 0. The molecule has 2 aliphatic rings. The van der Waals surface area contributed by atoms with E-state index in [4.69, 9.17) is 0 Å². The van der Waals surface area contributed by atoms with Crippen molar-refractivity contribution in [1.29, 1.82) is 0 Å². The van der Waals surface area contributed by atoms with Gasteiger partial charge in [-0.15, -0.1) is 13.8 Å². The van der Waals surface area contributed by atoms with E-state index in [1.807, 2.05) is 0 Å². The molecule has 0 aliphatic heterocycles. The molecular formula is C18H29Cl2SiZr. The third-order valence-electron chi connectivity index (χ3n) is 3.07. The molecule has 22 heavy (non-hydrogen) atoms. The van der Waals surface area contributed by atoms with Crippen molar-refractivity contribution >= 4 is 9.52 Å². The zero-order valence-corrected chi connectivity index (χ0v) is 20.3. The van der Waals surface area contributed by atoms with Gasteiger partial charge in [0, 0.05) is 9.52 Å². The van der Waals surface area contributed by atoms with Gasteiger partial charge < -0.3 is 24.8 Å². The second-order valence-corrected chi connectivity index (χ2v) is 6.55. The Morgan fingerprint density at radius 3 is 1.05 bits per heavy atom. The molecule has 2 atom stereocenters. The van der Waals surface area contributed by atoms with Crippen LogP contribution in [0.5, 0.6) is 0 Å². The minimum absolute atomic E-state index is 0. The molecule has 0 nitrogen and oxygen atoms in total. The van der Waals surface area contributed by atoms with Crippen molar-refractivity contribution in [2.24, 2.45) is 11.8 Å². The van der Waals surface area contributed by atoms with E-state index >= 15 is 0 Å². The molecule has 0 heterocycles. The van der Waals surface area contributed by atoms with Crippen molar-refractivity contribution in [1.82, 2.24) is 0 Å². The average molecular weight is 436 g/mol. The van der Waals surface area contributed by atoms with Gasteiger partial charge in [0.1, 0.15) is 0 Å². The second kappa shape index (κ2) is 16.5. The van der Waals surface area contributed by atoms with E-state index in [9.17, 15) is 0 Å². The molecule has 0 aromatic rings. The molecule has 123 valence electrons. The second-order valence-electron chi connectivity index (χ2n) is 5.39. The van der Waals surface area contributed by atoms with Gasteiger partial charge in [-0.05, 0) is 0 Å². The molecule has 0 bridgehead atoms. The van der Waals surface area contributed by atoms with Gasteiger partial charge in [-0.2, -0.15) is 12.2 Å². The van der Waals surface area contributed by atoms with Gasteiger partial charge in [0.25, 0.3) is 0 Å². The van der Waals surface area contributed by atoms with Gasteiger partial charge in [0.15, 0.2) is 0 Å². The third kappa shape index (κ3) is 13.1. The molecule has 0 N–H and O–H groups in total.